The minimum absolute atomic E-state index is 0.0204. The number of allylic oxidation sites excluding steroid dienone is 1. The highest BCUT2D eigenvalue weighted by molar-refractivity contribution is 6.01. The van der Waals surface area contributed by atoms with E-state index in [-0.39, 0.29) is 22.9 Å². The van der Waals surface area contributed by atoms with Crippen LogP contribution in [0, 0.1) is 11.6 Å². The van der Waals surface area contributed by atoms with Gasteiger partial charge in [-0.1, -0.05) is 13.8 Å². The largest absolute Gasteiger partial charge is 0.384 e. The second-order valence-corrected chi connectivity index (χ2v) is 8.85. The summed E-state index contributed by atoms with van der Waals surface area (Å²) in [6.45, 7) is 9.25. The molecule has 0 radical (unpaired) electrons. The summed E-state index contributed by atoms with van der Waals surface area (Å²) in [5.74, 6) is -2.00. The van der Waals surface area contributed by atoms with Gasteiger partial charge in [0.1, 0.15) is 17.3 Å². The van der Waals surface area contributed by atoms with Gasteiger partial charge in [0.2, 0.25) is 0 Å². The van der Waals surface area contributed by atoms with Crippen LogP contribution in [0.3, 0.4) is 0 Å². The van der Waals surface area contributed by atoms with Crippen LogP contribution in [0.2, 0.25) is 0 Å². The molecule has 1 aliphatic rings. The van der Waals surface area contributed by atoms with Gasteiger partial charge in [0.05, 0.1) is 30.9 Å². The fourth-order valence-corrected chi connectivity index (χ4v) is 4.14. The molecular weight excluding hydrogens is 468 g/mol. The number of hydrogen-bond donors (Lipinski definition) is 2. The zero-order chi connectivity index (χ0) is 26.1. The molecule has 3 rings (SSSR count). The third-order valence-corrected chi connectivity index (χ3v) is 5.82. The van der Waals surface area contributed by atoms with E-state index in [1.807, 2.05) is 13.8 Å². The molecule has 0 bridgehead atoms. The van der Waals surface area contributed by atoms with E-state index in [1.165, 1.54) is 19.2 Å². The molecule has 1 fully saturated rings. The summed E-state index contributed by atoms with van der Waals surface area (Å²) in [5.41, 5.74) is 1.78. The Morgan fingerprint density at radius 2 is 1.83 bits per heavy atom. The average molecular weight is 502 g/mol. The van der Waals surface area contributed by atoms with Gasteiger partial charge < -0.3 is 19.9 Å². The van der Waals surface area contributed by atoms with Crippen molar-refractivity contribution in [1.82, 2.24) is 25.1 Å². The number of aldehydes is 1. The normalized spacial score (nSPS) is 15.3. The molecule has 0 aliphatic carbocycles. The van der Waals surface area contributed by atoms with E-state index in [4.69, 9.17) is 4.74 Å². The van der Waals surface area contributed by atoms with Crippen LogP contribution in [-0.4, -0.2) is 66.5 Å². The van der Waals surface area contributed by atoms with Crippen molar-refractivity contribution in [2.45, 2.75) is 32.7 Å². The summed E-state index contributed by atoms with van der Waals surface area (Å²) in [7, 11) is 1.50. The van der Waals surface area contributed by atoms with Crippen molar-refractivity contribution in [1.29, 1.82) is 0 Å². The lowest BCUT2D eigenvalue weighted by Crippen LogP contribution is -2.37. The van der Waals surface area contributed by atoms with Crippen molar-refractivity contribution in [3.63, 3.8) is 0 Å². The molecule has 1 aromatic heterocycles. The zero-order valence-corrected chi connectivity index (χ0v) is 20.9. The predicted molar refractivity (Wildman–Crippen MR) is 134 cm³/mol. The van der Waals surface area contributed by atoms with Gasteiger partial charge >= 0.3 is 0 Å². The number of nitrogens with zero attached hydrogens (tertiary/aromatic N) is 3. The number of imidazole rings is 1. The summed E-state index contributed by atoms with van der Waals surface area (Å²) in [5, 5.41) is 5.24. The Morgan fingerprint density at radius 1 is 1.14 bits per heavy atom. The number of likely N-dealkylation sites (N-methyl/N-ethyl adjacent to an activating group) is 1. The van der Waals surface area contributed by atoms with E-state index in [0.29, 0.717) is 12.0 Å². The summed E-state index contributed by atoms with van der Waals surface area (Å²) < 4.78 is 34.5. The average Bonchev–Trinajstić information content (AvgIpc) is 3.24. The van der Waals surface area contributed by atoms with Crippen LogP contribution >= 0.6 is 0 Å². The number of halogens is 2. The molecule has 2 aromatic rings. The number of morpholine rings is 1. The molecule has 2 N–H and O–H groups in total. The zero-order valence-electron chi connectivity index (χ0n) is 20.9. The van der Waals surface area contributed by atoms with E-state index in [1.54, 1.807) is 6.33 Å². The van der Waals surface area contributed by atoms with E-state index >= 15 is 0 Å². The van der Waals surface area contributed by atoms with Gasteiger partial charge in [0.15, 0.2) is 6.29 Å². The Kier molecular flexibility index (Phi) is 9.89. The molecule has 1 amide bonds. The van der Waals surface area contributed by atoms with Gasteiger partial charge in [0.25, 0.3) is 5.91 Å². The van der Waals surface area contributed by atoms with Crippen LogP contribution in [-0.2, 0) is 20.9 Å². The van der Waals surface area contributed by atoms with Gasteiger partial charge in [-0.3, -0.25) is 14.5 Å². The van der Waals surface area contributed by atoms with Crippen molar-refractivity contribution in [2.24, 2.45) is 0 Å². The van der Waals surface area contributed by atoms with Crippen LogP contribution in [0.5, 0.6) is 0 Å². The molecule has 1 aliphatic heterocycles. The van der Waals surface area contributed by atoms with Gasteiger partial charge in [0, 0.05) is 45.0 Å². The Bertz CT molecular complexity index is 1100. The number of hydrogen-bond acceptors (Lipinski definition) is 6. The molecule has 8 nitrogen and oxygen atoms in total. The maximum absolute atomic E-state index is 13.5. The van der Waals surface area contributed by atoms with E-state index < -0.39 is 17.5 Å². The number of ether oxygens (including phenoxy) is 1. The standard InChI is InChI=1S/C26H33F2N5O3/c1-18(2)25-23(30-17-33(25)6-4-5-32-7-9-36-10-8-32)15-22(16-34)31-26(35)24(29-3)13-19-11-20(27)14-21(28)12-19/h11-18,29H,4-10H2,1-3H3,(H,31,35)/b22-15-,24-13-. The van der Waals surface area contributed by atoms with Crippen molar-refractivity contribution in [2.75, 3.05) is 39.9 Å². The Hall–Kier alpha value is -3.37. The van der Waals surface area contributed by atoms with Crippen molar-refractivity contribution < 1.29 is 23.1 Å². The predicted octanol–water partition coefficient (Wildman–Crippen LogP) is 2.92. The molecule has 1 aromatic carbocycles. The van der Waals surface area contributed by atoms with Gasteiger partial charge in [-0.15, -0.1) is 0 Å². The van der Waals surface area contributed by atoms with Crippen LogP contribution in [0.1, 0.15) is 43.1 Å². The molecule has 0 atom stereocenters. The molecule has 0 saturated carbocycles. The highest BCUT2D eigenvalue weighted by Gasteiger charge is 2.16. The molecule has 0 spiro atoms. The topological polar surface area (TPSA) is 88.5 Å². The van der Waals surface area contributed by atoms with Crippen LogP contribution in [0.4, 0.5) is 8.78 Å². The monoisotopic (exact) mass is 501 g/mol. The van der Waals surface area contributed by atoms with Crippen LogP contribution in [0.25, 0.3) is 12.2 Å². The fourth-order valence-electron chi connectivity index (χ4n) is 4.14. The molecule has 194 valence electrons. The number of aromatic nitrogens is 2. The quantitative estimate of drug-likeness (QED) is 0.364. The van der Waals surface area contributed by atoms with Crippen molar-refractivity contribution >= 4 is 24.3 Å². The fraction of sp³-hybridized carbons (Fsp3) is 0.423. The Balaban J connectivity index is 1.73. The second-order valence-electron chi connectivity index (χ2n) is 8.85. The second kappa shape index (κ2) is 13.1. The van der Waals surface area contributed by atoms with Crippen LogP contribution < -0.4 is 10.6 Å². The number of carbonyl (C=O) groups is 2. The van der Waals surface area contributed by atoms with Crippen LogP contribution in [0.15, 0.2) is 35.9 Å². The first kappa shape index (κ1) is 27.2. The molecule has 36 heavy (non-hydrogen) atoms. The molecular formula is C26H33F2N5O3. The molecule has 0 unspecified atom stereocenters. The smallest absolute Gasteiger partial charge is 0.271 e. The number of nitrogens with one attached hydrogen (secondary N) is 2. The number of aryl methyl sites for hydroxylation is 1. The van der Waals surface area contributed by atoms with Gasteiger partial charge in [-0.25, -0.2) is 13.8 Å². The lowest BCUT2D eigenvalue weighted by atomic mass is 10.1. The minimum atomic E-state index is -0.757. The number of rotatable bonds is 11. The summed E-state index contributed by atoms with van der Waals surface area (Å²) in [6.07, 6.45) is 6.07. The van der Waals surface area contributed by atoms with Crippen molar-refractivity contribution in [3.8, 4) is 0 Å². The maximum atomic E-state index is 13.5. The number of benzene rings is 1. The van der Waals surface area contributed by atoms with E-state index in [2.05, 4.69) is 25.1 Å². The van der Waals surface area contributed by atoms with Gasteiger partial charge in [-0.05, 0) is 42.2 Å². The summed E-state index contributed by atoms with van der Waals surface area (Å²) >= 11 is 0. The molecule has 10 heteroatoms. The first-order chi connectivity index (χ1) is 17.3. The SMILES string of the molecule is CN/C(=C\c1cc(F)cc(F)c1)C(=O)N/C(C=O)=C\c1ncn(CCCN2CCOCC2)c1C(C)C. The highest BCUT2D eigenvalue weighted by atomic mass is 19.1. The maximum Gasteiger partial charge on any atom is 0.271 e. The first-order valence-electron chi connectivity index (χ1n) is 12.0. The van der Waals surface area contributed by atoms with E-state index in [9.17, 15) is 18.4 Å². The first-order valence-corrected chi connectivity index (χ1v) is 12.0. The van der Waals surface area contributed by atoms with Crippen molar-refractivity contribution in [3.05, 3.63) is 64.5 Å². The summed E-state index contributed by atoms with van der Waals surface area (Å²) in [6, 6.07) is 2.95. The Morgan fingerprint density at radius 3 is 2.44 bits per heavy atom. The number of amides is 1. The third kappa shape index (κ3) is 7.56. The highest BCUT2D eigenvalue weighted by Crippen LogP contribution is 2.21. The third-order valence-electron chi connectivity index (χ3n) is 5.82. The number of carbonyl (C=O) groups excluding carboxylic acids is 2. The molecule has 1 saturated heterocycles. The summed E-state index contributed by atoms with van der Waals surface area (Å²) in [4.78, 5) is 31.4. The van der Waals surface area contributed by atoms with Gasteiger partial charge in [-0.2, -0.15) is 0 Å². The Labute approximate surface area is 210 Å². The minimum Gasteiger partial charge on any atom is -0.384 e. The lowest BCUT2D eigenvalue weighted by Gasteiger charge is -2.26. The lowest BCUT2D eigenvalue weighted by molar-refractivity contribution is -0.118. The molecule has 2 heterocycles. The van der Waals surface area contributed by atoms with E-state index in [0.717, 1.165) is 69.7 Å².